The van der Waals surface area contributed by atoms with Crippen LogP contribution >= 0.6 is 0 Å². The molecule has 0 aromatic heterocycles. The van der Waals surface area contributed by atoms with Crippen LogP contribution in [0.15, 0.2) is 77.9 Å². The number of hydrazone groups is 1. The van der Waals surface area contributed by atoms with Crippen LogP contribution in [0.4, 0.5) is 10.1 Å². The zero-order chi connectivity index (χ0) is 33.2. The Morgan fingerprint density at radius 3 is 2.38 bits per heavy atom. The Morgan fingerprint density at radius 2 is 1.72 bits per heavy atom. The predicted molar refractivity (Wildman–Crippen MR) is 177 cm³/mol. The van der Waals surface area contributed by atoms with Crippen molar-refractivity contribution in [3.8, 4) is 0 Å². The van der Waals surface area contributed by atoms with Crippen molar-refractivity contribution < 1.29 is 28.2 Å². The summed E-state index contributed by atoms with van der Waals surface area (Å²) in [7, 11) is 0. The monoisotopic (exact) mass is 639 g/mol. The van der Waals surface area contributed by atoms with Crippen LogP contribution in [-0.4, -0.2) is 40.9 Å². The lowest BCUT2D eigenvalue weighted by Gasteiger charge is -2.25. The van der Waals surface area contributed by atoms with Gasteiger partial charge in [-0.3, -0.25) is 14.4 Å². The standard InChI is InChI=1S/C38H42FN3O5/c1-37(2,3)47-36(45)38(20-21-38)22-29-14-9-15-30(33(29)39)40-34(44)32(26-10-7-8-11-26)27-18-16-25(17-19-27)23-42-31(43)24-46-35(41-42)28-12-5-4-6-13-28/h4-6,9,12-19,26,32H,7-8,10-11,20-24H2,1-3H3,(H,40,44). The molecule has 1 unspecified atom stereocenters. The van der Waals surface area contributed by atoms with Crippen molar-refractivity contribution in [3.63, 3.8) is 0 Å². The summed E-state index contributed by atoms with van der Waals surface area (Å²) in [6.07, 6.45) is 5.46. The molecule has 3 aromatic carbocycles. The molecule has 8 nitrogen and oxygen atoms in total. The largest absolute Gasteiger partial charge is 0.466 e. The number of esters is 1. The molecule has 9 heteroatoms. The van der Waals surface area contributed by atoms with Gasteiger partial charge in [0.1, 0.15) is 11.4 Å². The van der Waals surface area contributed by atoms with Crippen LogP contribution in [0.2, 0.25) is 0 Å². The minimum Gasteiger partial charge on any atom is -0.466 e. The van der Waals surface area contributed by atoms with E-state index in [1.54, 1.807) is 18.2 Å². The Hall–Kier alpha value is -4.53. The second-order valence-electron chi connectivity index (χ2n) is 14.0. The van der Waals surface area contributed by atoms with E-state index in [2.05, 4.69) is 10.4 Å². The van der Waals surface area contributed by atoms with E-state index in [0.29, 0.717) is 24.3 Å². The molecule has 2 aliphatic carbocycles. The first-order valence-electron chi connectivity index (χ1n) is 16.5. The highest BCUT2D eigenvalue weighted by molar-refractivity contribution is 5.98. The lowest BCUT2D eigenvalue weighted by Crippen LogP contribution is -2.36. The molecule has 3 aliphatic rings. The van der Waals surface area contributed by atoms with Gasteiger partial charge in [0.05, 0.1) is 23.6 Å². The number of hydrogen-bond acceptors (Lipinski definition) is 6. The zero-order valence-corrected chi connectivity index (χ0v) is 27.3. The molecule has 1 heterocycles. The lowest BCUT2D eigenvalue weighted by molar-refractivity contribution is -0.161. The van der Waals surface area contributed by atoms with Gasteiger partial charge in [0, 0.05) is 5.56 Å². The molecule has 1 atom stereocenters. The summed E-state index contributed by atoms with van der Waals surface area (Å²) >= 11 is 0. The van der Waals surface area contributed by atoms with Crippen LogP contribution in [0.1, 0.15) is 87.5 Å². The van der Waals surface area contributed by atoms with Crippen molar-refractivity contribution in [2.45, 2.75) is 83.8 Å². The van der Waals surface area contributed by atoms with Gasteiger partial charge < -0.3 is 14.8 Å². The summed E-state index contributed by atoms with van der Waals surface area (Å²) < 4.78 is 27.1. The third-order valence-electron chi connectivity index (χ3n) is 9.23. The molecule has 47 heavy (non-hydrogen) atoms. The minimum absolute atomic E-state index is 0.0878. The molecule has 0 radical (unpaired) electrons. The highest BCUT2D eigenvalue weighted by Gasteiger charge is 2.52. The van der Waals surface area contributed by atoms with E-state index >= 15 is 4.39 Å². The lowest BCUT2D eigenvalue weighted by atomic mass is 9.83. The first-order chi connectivity index (χ1) is 22.5. The van der Waals surface area contributed by atoms with E-state index in [9.17, 15) is 14.4 Å². The number of nitrogens with one attached hydrogen (secondary N) is 1. The molecule has 2 fully saturated rings. The molecule has 246 valence electrons. The highest BCUT2D eigenvalue weighted by atomic mass is 19.1. The summed E-state index contributed by atoms with van der Waals surface area (Å²) in [6.45, 7) is 5.66. The molecule has 0 saturated heterocycles. The maximum atomic E-state index is 15.9. The van der Waals surface area contributed by atoms with Gasteiger partial charge in [0.2, 0.25) is 11.8 Å². The predicted octanol–water partition coefficient (Wildman–Crippen LogP) is 7.12. The molecular weight excluding hydrogens is 597 g/mol. The topological polar surface area (TPSA) is 97.3 Å². The van der Waals surface area contributed by atoms with E-state index in [0.717, 1.165) is 42.4 Å². The average Bonchev–Trinajstić information content (AvgIpc) is 3.64. The highest BCUT2D eigenvalue weighted by Crippen LogP contribution is 2.50. The number of nitrogens with zero attached hydrogens (tertiary/aromatic N) is 2. The summed E-state index contributed by atoms with van der Waals surface area (Å²) in [4.78, 5) is 39.4. The Labute approximate surface area is 275 Å². The molecule has 6 rings (SSSR count). The number of carbonyl (C=O) groups excluding carboxylic acids is 3. The van der Waals surface area contributed by atoms with Crippen LogP contribution in [0.25, 0.3) is 0 Å². The maximum absolute atomic E-state index is 15.9. The van der Waals surface area contributed by atoms with Crippen LogP contribution < -0.4 is 5.32 Å². The SMILES string of the molecule is CC(C)(C)OC(=O)C1(Cc2cccc(NC(=O)C(c3ccc(CN4N=C(c5ccccc5)OCC4=O)cc3)C3CCCC3)c2F)CC1. The van der Waals surface area contributed by atoms with Crippen molar-refractivity contribution in [3.05, 3.63) is 101 Å². The van der Waals surface area contributed by atoms with E-state index in [-0.39, 0.29) is 49.0 Å². The molecule has 2 saturated carbocycles. The van der Waals surface area contributed by atoms with Crippen LogP contribution in [0.5, 0.6) is 0 Å². The smallest absolute Gasteiger partial charge is 0.312 e. The number of halogens is 1. The van der Waals surface area contributed by atoms with Gasteiger partial charge in [0.25, 0.3) is 5.91 Å². The van der Waals surface area contributed by atoms with E-state index in [4.69, 9.17) is 9.47 Å². The zero-order valence-electron chi connectivity index (χ0n) is 27.3. The third-order valence-corrected chi connectivity index (χ3v) is 9.23. The molecular formula is C38H42FN3O5. The summed E-state index contributed by atoms with van der Waals surface area (Å²) in [5.74, 6) is -1.24. The van der Waals surface area contributed by atoms with Crippen LogP contribution in [-0.2, 0) is 36.8 Å². The Morgan fingerprint density at radius 1 is 1.02 bits per heavy atom. The fraction of sp³-hybridized carbons (Fsp3) is 0.421. The number of ether oxygens (including phenoxy) is 2. The van der Waals surface area contributed by atoms with E-state index < -0.39 is 22.8 Å². The fourth-order valence-corrected chi connectivity index (χ4v) is 6.55. The van der Waals surface area contributed by atoms with Gasteiger partial charge in [0.15, 0.2) is 6.61 Å². The first kappa shape index (κ1) is 32.4. The Bertz CT molecular complexity index is 1650. The number of amides is 2. The fourth-order valence-electron chi connectivity index (χ4n) is 6.55. The van der Waals surface area contributed by atoms with E-state index in [1.165, 1.54) is 5.01 Å². The normalized spacial score (nSPS) is 18.3. The van der Waals surface area contributed by atoms with Gasteiger partial charge in [-0.05, 0) is 93.7 Å². The average molecular weight is 640 g/mol. The Kier molecular flexibility index (Phi) is 9.17. The molecule has 2 amide bonds. The van der Waals surface area contributed by atoms with Gasteiger partial charge in [-0.25, -0.2) is 9.40 Å². The quantitative estimate of drug-likeness (QED) is 0.238. The number of anilines is 1. The summed E-state index contributed by atoms with van der Waals surface area (Å²) in [5, 5.41) is 8.74. The van der Waals surface area contributed by atoms with Gasteiger partial charge in [-0.2, -0.15) is 0 Å². The van der Waals surface area contributed by atoms with E-state index in [1.807, 2.05) is 75.4 Å². The van der Waals surface area contributed by atoms with Gasteiger partial charge >= 0.3 is 5.97 Å². The molecule has 0 bridgehead atoms. The third kappa shape index (κ3) is 7.56. The Balaban J connectivity index is 1.17. The number of hydrogen-bond donors (Lipinski definition) is 1. The number of rotatable bonds is 10. The summed E-state index contributed by atoms with van der Waals surface area (Å²) in [5.41, 5.74) is 1.68. The summed E-state index contributed by atoms with van der Waals surface area (Å²) in [6, 6.07) is 22.1. The molecule has 3 aromatic rings. The van der Waals surface area contributed by atoms with Crippen molar-refractivity contribution in [2.24, 2.45) is 16.4 Å². The molecule has 1 N–H and O–H groups in total. The van der Waals surface area contributed by atoms with Crippen LogP contribution in [0, 0.1) is 17.2 Å². The van der Waals surface area contributed by atoms with Gasteiger partial charge in [-0.1, -0.05) is 67.4 Å². The molecule has 1 aliphatic heterocycles. The minimum atomic E-state index is -0.717. The second kappa shape index (κ2) is 13.3. The van der Waals surface area contributed by atoms with Crippen molar-refractivity contribution in [1.82, 2.24) is 5.01 Å². The maximum Gasteiger partial charge on any atom is 0.312 e. The van der Waals surface area contributed by atoms with Gasteiger partial charge in [-0.15, -0.1) is 5.10 Å². The first-order valence-corrected chi connectivity index (χ1v) is 16.5. The number of benzene rings is 3. The van der Waals surface area contributed by atoms with Crippen molar-refractivity contribution >= 4 is 29.4 Å². The number of carbonyl (C=O) groups is 3. The second-order valence-corrected chi connectivity index (χ2v) is 14.0. The molecule has 0 spiro atoms. The van der Waals surface area contributed by atoms with Crippen LogP contribution in [0.3, 0.4) is 0 Å². The van der Waals surface area contributed by atoms with Crippen molar-refractivity contribution in [2.75, 3.05) is 11.9 Å². The van der Waals surface area contributed by atoms with Crippen molar-refractivity contribution in [1.29, 1.82) is 0 Å².